The van der Waals surface area contributed by atoms with Crippen LogP contribution in [0, 0.1) is 0 Å². The van der Waals surface area contributed by atoms with Crippen molar-refractivity contribution >= 4 is 35.1 Å². The third-order valence-corrected chi connectivity index (χ3v) is 5.29. The first-order chi connectivity index (χ1) is 14.3. The van der Waals surface area contributed by atoms with Gasteiger partial charge in [-0.3, -0.25) is 14.4 Å². The third kappa shape index (κ3) is 5.00. The molecule has 0 saturated heterocycles. The average molecular weight is 429 g/mol. The Morgan fingerprint density at radius 3 is 2.57 bits per heavy atom. The van der Waals surface area contributed by atoms with Gasteiger partial charge in [-0.25, -0.2) is 0 Å². The van der Waals surface area contributed by atoms with Crippen LogP contribution in [0.3, 0.4) is 0 Å². The van der Waals surface area contributed by atoms with Crippen molar-refractivity contribution in [2.75, 3.05) is 11.4 Å². The minimum Gasteiger partial charge on any atom is -0.463 e. The van der Waals surface area contributed by atoms with Gasteiger partial charge in [-0.1, -0.05) is 29.8 Å². The predicted octanol–water partition coefficient (Wildman–Crippen LogP) is 4.06. The minimum atomic E-state index is -0.626. The lowest BCUT2D eigenvalue weighted by Crippen LogP contribution is -2.31. The number of nitrogens with one attached hydrogen (secondary N) is 1. The molecule has 0 aliphatic carbocycles. The zero-order chi connectivity index (χ0) is 21.8. The van der Waals surface area contributed by atoms with Gasteiger partial charge in [0.2, 0.25) is 5.91 Å². The van der Waals surface area contributed by atoms with E-state index >= 15 is 0 Å². The fourth-order valence-electron chi connectivity index (χ4n) is 3.59. The predicted molar refractivity (Wildman–Crippen MR) is 116 cm³/mol. The van der Waals surface area contributed by atoms with Gasteiger partial charge >= 0.3 is 5.97 Å². The van der Waals surface area contributed by atoms with Crippen LogP contribution in [0.5, 0.6) is 0 Å². The van der Waals surface area contributed by atoms with E-state index in [-0.39, 0.29) is 24.3 Å². The average Bonchev–Trinajstić information content (AvgIpc) is 3.10. The molecule has 7 heteroatoms. The summed E-state index contributed by atoms with van der Waals surface area (Å²) in [6, 6.07) is 11.7. The van der Waals surface area contributed by atoms with Crippen molar-refractivity contribution < 1.29 is 19.1 Å². The largest absolute Gasteiger partial charge is 0.463 e. The van der Waals surface area contributed by atoms with Crippen molar-refractivity contribution in [3.8, 4) is 0 Å². The number of nitrogens with zero attached hydrogens (tertiary/aromatic N) is 1. The van der Waals surface area contributed by atoms with E-state index in [1.54, 1.807) is 61.2 Å². The van der Waals surface area contributed by atoms with Crippen molar-refractivity contribution in [2.45, 2.75) is 45.8 Å². The van der Waals surface area contributed by atoms with E-state index in [0.717, 1.165) is 11.3 Å². The number of ether oxygens (including phenoxy) is 1. The zero-order valence-corrected chi connectivity index (χ0v) is 18.0. The molecular formula is C23H25ClN2O4. The number of carbonyl (C=O) groups is 3. The van der Waals surface area contributed by atoms with Crippen molar-refractivity contribution in [3.63, 3.8) is 0 Å². The van der Waals surface area contributed by atoms with Gasteiger partial charge in [0.05, 0.1) is 18.6 Å². The molecule has 2 aromatic rings. The topological polar surface area (TPSA) is 75.7 Å². The van der Waals surface area contributed by atoms with Crippen molar-refractivity contribution in [1.82, 2.24) is 5.32 Å². The molecule has 3 rings (SSSR count). The summed E-state index contributed by atoms with van der Waals surface area (Å²) in [5.41, 5.74) is 2.90. The van der Waals surface area contributed by atoms with E-state index in [9.17, 15) is 14.4 Å². The number of hydrogen-bond acceptors (Lipinski definition) is 4. The molecule has 0 bridgehead atoms. The van der Waals surface area contributed by atoms with Crippen LogP contribution < -0.4 is 10.2 Å². The lowest BCUT2D eigenvalue weighted by molar-refractivity contribution is -0.148. The Morgan fingerprint density at radius 1 is 1.17 bits per heavy atom. The minimum absolute atomic E-state index is 0.0200. The number of rotatable bonds is 6. The Morgan fingerprint density at radius 2 is 1.90 bits per heavy atom. The molecule has 158 valence electrons. The SMILES string of the molecule is CC(=O)N1CCc2cc(C(=O)N[C@H](CC(=O)OC(C)C)c3ccccc3Cl)ccc21. The van der Waals surface area contributed by atoms with Crippen LogP contribution in [-0.2, 0) is 20.7 Å². The molecular weight excluding hydrogens is 404 g/mol. The molecule has 0 unspecified atom stereocenters. The van der Waals surface area contributed by atoms with Gasteiger partial charge < -0.3 is 15.0 Å². The second-order valence-electron chi connectivity index (χ2n) is 7.55. The number of hydrogen-bond donors (Lipinski definition) is 1. The van der Waals surface area contributed by atoms with Gasteiger partial charge in [-0.05, 0) is 55.7 Å². The second kappa shape index (κ2) is 9.30. The summed E-state index contributed by atoms with van der Waals surface area (Å²) >= 11 is 6.32. The van der Waals surface area contributed by atoms with Gasteiger partial charge in [-0.15, -0.1) is 0 Å². The first-order valence-corrected chi connectivity index (χ1v) is 10.3. The highest BCUT2D eigenvalue weighted by molar-refractivity contribution is 6.31. The highest BCUT2D eigenvalue weighted by atomic mass is 35.5. The van der Waals surface area contributed by atoms with Crippen LogP contribution in [-0.4, -0.2) is 30.4 Å². The summed E-state index contributed by atoms with van der Waals surface area (Å²) in [5, 5.41) is 3.38. The standard InChI is InChI=1S/C23H25ClN2O4/c1-14(2)30-22(28)13-20(18-6-4-5-7-19(18)24)25-23(29)17-8-9-21-16(12-17)10-11-26(21)15(3)27/h4-9,12,14,20H,10-11,13H2,1-3H3,(H,25,29)/t20-/m1/s1. The summed E-state index contributed by atoms with van der Waals surface area (Å²) in [6.45, 7) is 5.69. The molecule has 0 fully saturated rings. The van der Waals surface area contributed by atoms with Gasteiger partial charge in [0, 0.05) is 29.7 Å². The lowest BCUT2D eigenvalue weighted by atomic mass is 10.0. The maximum atomic E-state index is 13.0. The van der Waals surface area contributed by atoms with Gasteiger partial charge in [0.15, 0.2) is 0 Å². The molecule has 1 N–H and O–H groups in total. The quantitative estimate of drug-likeness (QED) is 0.704. The highest BCUT2D eigenvalue weighted by Crippen LogP contribution is 2.30. The van der Waals surface area contributed by atoms with E-state index < -0.39 is 12.0 Å². The Bertz CT molecular complexity index is 973. The van der Waals surface area contributed by atoms with Gasteiger partial charge in [-0.2, -0.15) is 0 Å². The van der Waals surface area contributed by atoms with E-state index in [1.807, 2.05) is 0 Å². The van der Waals surface area contributed by atoms with Crippen molar-refractivity contribution in [2.24, 2.45) is 0 Å². The first kappa shape index (κ1) is 21.8. The van der Waals surface area contributed by atoms with E-state index in [0.29, 0.717) is 29.1 Å². The normalized spacial score (nSPS) is 13.7. The number of carbonyl (C=O) groups excluding carboxylic acids is 3. The van der Waals surface area contributed by atoms with Crippen LogP contribution in [0.25, 0.3) is 0 Å². The summed E-state index contributed by atoms with van der Waals surface area (Å²) < 4.78 is 5.25. The molecule has 0 aromatic heterocycles. The summed E-state index contributed by atoms with van der Waals surface area (Å²) in [4.78, 5) is 38.7. The number of halogens is 1. The van der Waals surface area contributed by atoms with Crippen LogP contribution in [0.2, 0.25) is 5.02 Å². The number of fused-ring (bicyclic) bond motifs is 1. The lowest BCUT2D eigenvalue weighted by Gasteiger charge is -2.21. The maximum absolute atomic E-state index is 13.0. The zero-order valence-electron chi connectivity index (χ0n) is 17.3. The summed E-state index contributed by atoms with van der Waals surface area (Å²) in [6.07, 6.45) is 0.419. The molecule has 1 aliphatic heterocycles. The van der Waals surface area contributed by atoms with Crippen LogP contribution in [0.15, 0.2) is 42.5 Å². The molecule has 1 aliphatic rings. The van der Waals surface area contributed by atoms with Crippen molar-refractivity contribution in [1.29, 1.82) is 0 Å². The number of esters is 1. The first-order valence-electron chi connectivity index (χ1n) is 9.92. The Labute approximate surface area is 181 Å². The smallest absolute Gasteiger partial charge is 0.308 e. The molecule has 0 radical (unpaired) electrons. The van der Waals surface area contributed by atoms with E-state index in [4.69, 9.17) is 16.3 Å². The van der Waals surface area contributed by atoms with E-state index in [2.05, 4.69) is 5.32 Å². The Balaban J connectivity index is 1.82. The number of benzene rings is 2. The molecule has 0 spiro atoms. The molecule has 0 saturated carbocycles. The van der Waals surface area contributed by atoms with Crippen LogP contribution in [0.4, 0.5) is 5.69 Å². The molecule has 2 aromatic carbocycles. The molecule has 1 heterocycles. The van der Waals surface area contributed by atoms with Crippen LogP contribution in [0.1, 0.15) is 54.7 Å². The Hall–Kier alpha value is -2.86. The molecule has 30 heavy (non-hydrogen) atoms. The molecule has 1 atom stereocenters. The Kier molecular flexibility index (Phi) is 6.77. The number of anilines is 1. The maximum Gasteiger partial charge on any atom is 0.308 e. The third-order valence-electron chi connectivity index (χ3n) is 4.94. The fraction of sp³-hybridized carbons (Fsp3) is 0.348. The van der Waals surface area contributed by atoms with Gasteiger partial charge in [0.25, 0.3) is 5.91 Å². The number of amides is 2. The van der Waals surface area contributed by atoms with E-state index in [1.165, 1.54) is 6.92 Å². The highest BCUT2D eigenvalue weighted by Gasteiger charge is 2.25. The summed E-state index contributed by atoms with van der Waals surface area (Å²) in [7, 11) is 0. The second-order valence-corrected chi connectivity index (χ2v) is 7.96. The summed E-state index contributed by atoms with van der Waals surface area (Å²) in [5.74, 6) is -0.754. The fourth-order valence-corrected chi connectivity index (χ4v) is 3.85. The van der Waals surface area contributed by atoms with Crippen LogP contribution >= 0.6 is 11.6 Å². The molecule has 2 amide bonds. The monoisotopic (exact) mass is 428 g/mol. The van der Waals surface area contributed by atoms with Gasteiger partial charge in [0.1, 0.15) is 0 Å². The molecule has 6 nitrogen and oxygen atoms in total. The van der Waals surface area contributed by atoms with Crippen molar-refractivity contribution in [3.05, 3.63) is 64.2 Å².